The Morgan fingerprint density at radius 1 is 1.00 bits per heavy atom. The normalized spacial score (nSPS) is 12.3. The number of hydrazone groups is 1. The molecule has 0 spiro atoms. The largest absolute Gasteiger partial charge is 0.482 e. The van der Waals surface area contributed by atoms with Gasteiger partial charge in [0.25, 0.3) is 0 Å². The predicted octanol–water partition coefficient (Wildman–Crippen LogP) is 4.19. The van der Waals surface area contributed by atoms with E-state index in [1.165, 1.54) is 35.6 Å². The number of thioether (sulfide) groups is 1. The first kappa shape index (κ1) is 21.6. The molecule has 0 unspecified atom stereocenters. The van der Waals surface area contributed by atoms with E-state index in [4.69, 9.17) is 4.74 Å². The summed E-state index contributed by atoms with van der Waals surface area (Å²) in [6, 6.07) is 23.7. The third-order valence-electron chi connectivity index (χ3n) is 5.00. The summed E-state index contributed by atoms with van der Waals surface area (Å²) in [6.07, 6.45) is 1.54. The van der Waals surface area contributed by atoms with Crippen molar-refractivity contribution in [1.29, 1.82) is 0 Å². The van der Waals surface area contributed by atoms with Gasteiger partial charge < -0.3 is 9.47 Å². The van der Waals surface area contributed by atoms with Crippen LogP contribution in [0.5, 0.6) is 5.75 Å². The number of nitrogens with zero attached hydrogens (tertiary/aromatic N) is 1. The quantitative estimate of drug-likeness (QED) is 0.319. The van der Waals surface area contributed by atoms with Crippen LogP contribution in [0.15, 0.2) is 77.9 Å². The molecule has 3 aromatic carbocycles. The van der Waals surface area contributed by atoms with Crippen LogP contribution in [0.1, 0.15) is 21.9 Å². The summed E-state index contributed by atoms with van der Waals surface area (Å²) in [5.41, 5.74) is 8.24. The molecule has 1 N–H and O–H groups in total. The third-order valence-corrected chi connectivity index (χ3v) is 6.27. The fourth-order valence-electron chi connectivity index (χ4n) is 3.54. The van der Waals surface area contributed by atoms with Crippen LogP contribution in [0.3, 0.4) is 0 Å². The first-order valence-electron chi connectivity index (χ1n) is 10.1. The van der Waals surface area contributed by atoms with Crippen LogP contribution in [0.2, 0.25) is 0 Å². The number of rotatable bonds is 8. The average Bonchev–Trinajstić information content (AvgIpc) is 3.15. The smallest absolute Gasteiger partial charge is 0.343 e. The number of methoxy groups -OCH3 is 1. The molecule has 4 rings (SSSR count). The maximum Gasteiger partial charge on any atom is 0.343 e. The number of ether oxygens (including phenoxy) is 2. The zero-order valence-electron chi connectivity index (χ0n) is 17.5. The number of esters is 1. The summed E-state index contributed by atoms with van der Waals surface area (Å²) in [5, 5.41) is 4.17. The molecule has 0 saturated carbocycles. The lowest BCUT2D eigenvalue weighted by Crippen LogP contribution is -2.20. The SMILES string of the molecule is COC(=O)COc1cccc(/C=N\NC(=O)CSC2c3ccccc3-c3ccccc32)c1. The second-order valence-corrected chi connectivity index (χ2v) is 8.19. The second-order valence-electron chi connectivity index (χ2n) is 7.10. The number of fused-ring (bicyclic) bond motifs is 3. The van der Waals surface area contributed by atoms with Crippen molar-refractivity contribution in [1.82, 2.24) is 5.43 Å². The van der Waals surface area contributed by atoms with E-state index in [9.17, 15) is 9.59 Å². The summed E-state index contributed by atoms with van der Waals surface area (Å²) < 4.78 is 9.91. The van der Waals surface area contributed by atoms with Gasteiger partial charge >= 0.3 is 5.97 Å². The number of amides is 1. The summed E-state index contributed by atoms with van der Waals surface area (Å²) in [6.45, 7) is -0.168. The van der Waals surface area contributed by atoms with Gasteiger partial charge in [0.1, 0.15) is 5.75 Å². The Morgan fingerprint density at radius 3 is 2.38 bits per heavy atom. The van der Waals surface area contributed by atoms with E-state index >= 15 is 0 Å². The monoisotopic (exact) mass is 446 g/mol. The van der Waals surface area contributed by atoms with Crippen molar-refractivity contribution < 1.29 is 19.1 Å². The molecule has 0 aliphatic heterocycles. The molecular weight excluding hydrogens is 424 g/mol. The summed E-state index contributed by atoms with van der Waals surface area (Å²) in [5.74, 6) is 0.166. The van der Waals surface area contributed by atoms with Crippen LogP contribution in [0.25, 0.3) is 11.1 Å². The third kappa shape index (κ3) is 5.00. The Hall–Kier alpha value is -3.58. The fraction of sp³-hybridized carbons (Fsp3) is 0.160. The Balaban J connectivity index is 1.33. The van der Waals surface area contributed by atoms with Crippen LogP contribution in [-0.4, -0.2) is 37.6 Å². The summed E-state index contributed by atoms with van der Waals surface area (Å²) in [4.78, 5) is 23.6. The fourth-order valence-corrected chi connectivity index (χ4v) is 4.70. The van der Waals surface area contributed by atoms with Crippen LogP contribution < -0.4 is 10.2 Å². The molecule has 0 heterocycles. The maximum atomic E-state index is 12.4. The van der Waals surface area contributed by atoms with E-state index in [2.05, 4.69) is 39.5 Å². The number of carbonyl (C=O) groups excluding carboxylic acids is 2. The molecule has 1 aliphatic carbocycles. The standard InChI is InChI=1S/C25H22N2O4S/c1-30-24(29)15-31-18-8-6-7-17(13-18)14-26-27-23(28)16-32-25-21-11-4-2-9-19(21)20-10-3-5-12-22(20)25/h2-14,25H,15-16H2,1H3,(H,27,28)/b26-14-. The van der Waals surface area contributed by atoms with Crippen LogP contribution in [-0.2, 0) is 14.3 Å². The molecule has 162 valence electrons. The van der Waals surface area contributed by atoms with Crippen LogP contribution in [0, 0.1) is 0 Å². The lowest BCUT2D eigenvalue weighted by Gasteiger charge is -2.12. The zero-order valence-corrected chi connectivity index (χ0v) is 18.3. The van der Waals surface area contributed by atoms with E-state index in [0.29, 0.717) is 5.75 Å². The molecular formula is C25H22N2O4S. The minimum absolute atomic E-state index is 0.126. The van der Waals surface area contributed by atoms with Crippen LogP contribution >= 0.6 is 11.8 Å². The molecule has 0 atom stereocenters. The van der Waals surface area contributed by atoms with Crippen molar-refractivity contribution in [2.45, 2.75) is 5.25 Å². The number of hydrogen-bond donors (Lipinski definition) is 1. The molecule has 0 aromatic heterocycles. The summed E-state index contributed by atoms with van der Waals surface area (Å²) in [7, 11) is 1.31. The van der Waals surface area contributed by atoms with Crippen molar-refractivity contribution in [2.24, 2.45) is 5.10 Å². The Bertz CT molecular complexity index is 1120. The topological polar surface area (TPSA) is 77.0 Å². The Kier molecular flexibility index (Phi) is 6.87. The highest BCUT2D eigenvalue weighted by Crippen LogP contribution is 2.49. The lowest BCUT2D eigenvalue weighted by molar-refractivity contribution is -0.142. The number of benzene rings is 3. The molecule has 3 aromatic rings. The second kappa shape index (κ2) is 10.2. The van der Waals surface area contributed by atoms with Gasteiger partial charge in [0.2, 0.25) is 5.91 Å². The highest BCUT2D eigenvalue weighted by Gasteiger charge is 2.28. The average molecular weight is 447 g/mol. The van der Waals surface area contributed by atoms with Crippen molar-refractivity contribution in [3.05, 3.63) is 89.5 Å². The maximum absolute atomic E-state index is 12.4. The van der Waals surface area contributed by atoms with Gasteiger partial charge in [-0.3, -0.25) is 4.79 Å². The first-order valence-corrected chi connectivity index (χ1v) is 11.1. The Labute approximate surface area is 190 Å². The van der Waals surface area contributed by atoms with Crippen molar-refractivity contribution in [3.63, 3.8) is 0 Å². The van der Waals surface area contributed by atoms with Gasteiger partial charge in [0.05, 0.1) is 24.3 Å². The number of carbonyl (C=O) groups is 2. The van der Waals surface area contributed by atoms with Gasteiger partial charge in [0, 0.05) is 0 Å². The van der Waals surface area contributed by atoms with E-state index in [1.54, 1.807) is 30.0 Å². The molecule has 1 amide bonds. The van der Waals surface area contributed by atoms with E-state index < -0.39 is 5.97 Å². The van der Waals surface area contributed by atoms with E-state index in [1.807, 2.05) is 30.3 Å². The molecule has 0 fully saturated rings. The van der Waals surface area contributed by atoms with Gasteiger partial charge in [0.15, 0.2) is 6.61 Å². The van der Waals surface area contributed by atoms with Gasteiger partial charge in [-0.15, -0.1) is 11.8 Å². The number of nitrogens with one attached hydrogen (secondary N) is 1. The van der Waals surface area contributed by atoms with Crippen molar-refractivity contribution in [3.8, 4) is 16.9 Å². The van der Waals surface area contributed by atoms with Gasteiger partial charge in [-0.2, -0.15) is 5.10 Å². The molecule has 6 nitrogen and oxygen atoms in total. The summed E-state index contributed by atoms with van der Waals surface area (Å²) >= 11 is 1.59. The minimum atomic E-state index is -0.457. The van der Waals surface area contributed by atoms with Gasteiger partial charge in [-0.25, -0.2) is 10.2 Å². The zero-order chi connectivity index (χ0) is 22.3. The first-order chi connectivity index (χ1) is 15.7. The molecule has 0 bridgehead atoms. The molecule has 1 aliphatic rings. The molecule has 0 radical (unpaired) electrons. The number of hydrogen-bond acceptors (Lipinski definition) is 6. The van der Waals surface area contributed by atoms with Crippen molar-refractivity contribution >= 4 is 29.9 Å². The van der Waals surface area contributed by atoms with Gasteiger partial charge in [-0.05, 0) is 39.9 Å². The van der Waals surface area contributed by atoms with Gasteiger partial charge in [-0.1, -0.05) is 60.7 Å². The van der Waals surface area contributed by atoms with E-state index in [0.717, 1.165) is 5.56 Å². The molecule has 0 saturated heterocycles. The minimum Gasteiger partial charge on any atom is -0.482 e. The van der Waals surface area contributed by atoms with E-state index in [-0.39, 0.29) is 23.5 Å². The van der Waals surface area contributed by atoms with Crippen LogP contribution in [0.4, 0.5) is 0 Å². The highest BCUT2D eigenvalue weighted by atomic mass is 32.2. The van der Waals surface area contributed by atoms with Crippen molar-refractivity contribution in [2.75, 3.05) is 19.5 Å². The molecule has 32 heavy (non-hydrogen) atoms. The highest BCUT2D eigenvalue weighted by molar-refractivity contribution is 8.00. The predicted molar refractivity (Wildman–Crippen MR) is 126 cm³/mol. The Morgan fingerprint density at radius 2 is 1.69 bits per heavy atom. The molecule has 7 heteroatoms. The lowest BCUT2D eigenvalue weighted by atomic mass is 10.1.